The Hall–Kier alpha value is -1.39. The Morgan fingerprint density at radius 1 is 0.703 bits per heavy atom. The van der Waals surface area contributed by atoms with Crippen LogP contribution < -0.4 is 0 Å². The van der Waals surface area contributed by atoms with Crippen LogP contribution in [0.5, 0.6) is 0 Å². The van der Waals surface area contributed by atoms with Crippen LogP contribution in [0.2, 0.25) is 0 Å². The molecule has 364 valence electrons. The van der Waals surface area contributed by atoms with E-state index in [-0.39, 0.29) is 46.6 Å². The normalized spacial score (nSPS) is 58.0. The number of aliphatic hydroxyl groups is 9. The maximum Gasteiger partial charge on any atom is 0.313 e. The van der Waals surface area contributed by atoms with Gasteiger partial charge in [0.05, 0.1) is 30.8 Å². The molecule has 5 saturated heterocycles. The quantitative estimate of drug-likeness (QED) is 0.0978. The van der Waals surface area contributed by atoms with Crippen LogP contribution in [0.4, 0.5) is 0 Å². The molecular weight excluding hydrogens is 837 g/mol. The molecule has 0 aromatic carbocycles. The molecule has 1 spiro atoms. The molecule has 17 nitrogen and oxygen atoms in total. The van der Waals surface area contributed by atoms with Gasteiger partial charge in [0.1, 0.15) is 72.2 Å². The highest BCUT2D eigenvalue weighted by Crippen LogP contribution is 2.77. The van der Waals surface area contributed by atoms with Crippen molar-refractivity contribution >= 4 is 5.97 Å². The number of allylic oxidation sites excluding steroid dienone is 1. The van der Waals surface area contributed by atoms with Crippen molar-refractivity contribution in [3.63, 3.8) is 0 Å². The molecule has 5 heterocycles. The van der Waals surface area contributed by atoms with E-state index in [9.17, 15) is 50.8 Å². The lowest BCUT2D eigenvalue weighted by molar-refractivity contribution is -0.388. The largest absolute Gasteiger partial charge is 0.456 e. The molecule has 10 aliphatic rings. The Kier molecular flexibility index (Phi) is 11.8. The first-order valence-corrected chi connectivity index (χ1v) is 23.8. The maximum absolute atomic E-state index is 13.8. The Morgan fingerprint density at radius 2 is 1.34 bits per heavy atom. The molecule has 5 aliphatic carbocycles. The SMILES string of the molecule is C[C@@H]1O[C@@H](O[C@H]2[C@H](O[C@H]3CC[C@@]4(C)C(CC[C@]5(C)C4CC=C4[C@H]6[C@]7(CC[C@](C)(OC7=O)[C@@]6(C)O)CC[C@]45C)C3(C)C)OC[C@H](O)[C@@H]2O[C@@H]2O[C@H](CO)[C@@H](O)[C@H](O)[C@H]2O)[C@H](O)[C@H](O)[C@H]1O. The summed E-state index contributed by atoms with van der Waals surface area (Å²) in [5.41, 5.74) is -2.59. The Morgan fingerprint density at radius 3 is 2.02 bits per heavy atom. The fourth-order valence-electron chi connectivity index (χ4n) is 15.4. The van der Waals surface area contributed by atoms with E-state index in [0.29, 0.717) is 19.3 Å². The fourth-order valence-corrected chi connectivity index (χ4v) is 15.4. The van der Waals surface area contributed by atoms with Crippen LogP contribution in [0.15, 0.2) is 11.6 Å². The summed E-state index contributed by atoms with van der Waals surface area (Å²) in [6.07, 6.45) is -12.1. The lowest BCUT2D eigenvalue weighted by atomic mass is 9.32. The van der Waals surface area contributed by atoms with Gasteiger partial charge in [0.25, 0.3) is 0 Å². The Balaban J connectivity index is 0.993. The van der Waals surface area contributed by atoms with Gasteiger partial charge in [-0.15, -0.1) is 0 Å². The topological polar surface area (TPSA) is 264 Å². The molecule has 17 heteroatoms. The molecule has 10 rings (SSSR count). The number of aliphatic hydroxyl groups excluding tert-OH is 8. The van der Waals surface area contributed by atoms with Gasteiger partial charge in [0.15, 0.2) is 18.9 Å². The molecule has 0 amide bonds. The van der Waals surface area contributed by atoms with Gasteiger partial charge in [-0.3, -0.25) is 4.79 Å². The molecule has 0 aromatic rings. The van der Waals surface area contributed by atoms with Gasteiger partial charge < -0.3 is 79.1 Å². The highest BCUT2D eigenvalue weighted by atomic mass is 16.8. The molecule has 0 aromatic heterocycles. The van der Waals surface area contributed by atoms with Gasteiger partial charge in [-0.05, 0) is 112 Å². The first kappa shape index (κ1) is 47.7. The first-order valence-electron chi connectivity index (χ1n) is 23.8. The van der Waals surface area contributed by atoms with E-state index in [2.05, 4.69) is 40.7 Å². The maximum atomic E-state index is 13.8. The lowest BCUT2D eigenvalue weighted by Crippen LogP contribution is -2.75. The van der Waals surface area contributed by atoms with Crippen LogP contribution in [-0.4, -0.2) is 168 Å². The second-order valence-electron chi connectivity index (χ2n) is 23.0. The minimum atomic E-state index is -1.80. The molecule has 64 heavy (non-hydrogen) atoms. The number of fused-ring (bicyclic) bond motifs is 7. The zero-order valence-electron chi connectivity index (χ0n) is 38.5. The number of ether oxygens (including phenoxy) is 7. The summed E-state index contributed by atoms with van der Waals surface area (Å²) in [4.78, 5) is 13.8. The van der Waals surface area contributed by atoms with Gasteiger partial charge in [0, 0.05) is 5.92 Å². The van der Waals surface area contributed by atoms with Crippen LogP contribution in [0.1, 0.15) is 113 Å². The smallest absolute Gasteiger partial charge is 0.313 e. The average Bonchev–Trinajstić information content (AvgIpc) is 3.23. The number of carbonyl (C=O) groups excluding carboxylic acids is 1. The van der Waals surface area contributed by atoms with Crippen molar-refractivity contribution in [2.45, 2.75) is 216 Å². The highest BCUT2D eigenvalue weighted by Gasteiger charge is 2.76. The second-order valence-corrected chi connectivity index (χ2v) is 23.0. The van der Waals surface area contributed by atoms with Crippen LogP contribution in [0.25, 0.3) is 0 Å². The van der Waals surface area contributed by atoms with Gasteiger partial charge in [0.2, 0.25) is 0 Å². The molecule has 24 atom stereocenters. The number of rotatable bonds is 7. The van der Waals surface area contributed by atoms with Crippen molar-refractivity contribution in [2.24, 2.45) is 44.8 Å². The third-order valence-corrected chi connectivity index (χ3v) is 19.7. The molecule has 4 saturated carbocycles. The highest BCUT2D eigenvalue weighted by molar-refractivity contribution is 5.82. The minimum absolute atomic E-state index is 0.127. The van der Waals surface area contributed by atoms with Crippen molar-refractivity contribution in [3.05, 3.63) is 11.6 Å². The van der Waals surface area contributed by atoms with E-state index >= 15 is 0 Å². The number of carbonyl (C=O) groups is 1. The summed E-state index contributed by atoms with van der Waals surface area (Å²) in [6, 6.07) is 0. The van der Waals surface area contributed by atoms with Gasteiger partial charge in [-0.2, -0.15) is 0 Å². The van der Waals surface area contributed by atoms with Crippen molar-refractivity contribution in [2.75, 3.05) is 13.2 Å². The summed E-state index contributed by atoms with van der Waals surface area (Å²) in [7, 11) is 0. The third-order valence-electron chi connectivity index (χ3n) is 19.7. The summed E-state index contributed by atoms with van der Waals surface area (Å²) >= 11 is 0. The zero-order valence-corrected chi connectivity index (χ0v) is 38.5. The van der Waals surface area contributed by atoms with Gasteiger partial charge in [-0.25, -0.2) is 0 Å². The van der Waals surface area contributed by atoms with Crippen LogP contribution in [-0.2, 0) is 38.0 Å². The molecular formula is C47H74O17. The zero-order chi connectivity index (χ0) is 46.5. The Bertz CT molecular complexity index is 1830. The van der Waals surface area contributed by atoms with Crippen molar-refractivity contribution < 1.29 is 83.9 Å². The summed E-state index contributed by atoms with van der Waals surface area (Å²) in [5.74, 6) is 0.00546. The molecule has 2 bridgehead atoms. The van der Waals surface area contributed by atoms with Crippen molar-refractivity contribution in [3.8, 4) is 0 Å². The Labute approximate surface area is 375 Å². The van der Waals surface area contributed by atoms with E-state index in [1.54, 1.807) is 0 Å². The van der Waals surface area contributed by atoms with Gasteiger partial charge >= 0.3 is 5.97 Å². The van der Waals surface area contributed by atoms with Crippen LogP contribution in [0.3, 0.4) is 0 Å². The molecule has 0 radical (unpaired) electrons. The predicted molar refractivity (Wildman–Crippen MR) is 222 cm³/mol. The van der Waals surface area contributed by atoms with E-state index in [1.807, 2.05) is 13.8 Å². The average molecular weight is 911 g/mol. The molecule has 9 fully saturated rings. The molecule has 5 aliphatic heterocycles. The van der Waals surface area contributed by atoms with Crippen molar-refractivity contribution in [1.29, 1.82) is 0 Å². The summed E-state index contributed by atoms with van der Waals surface area (Å²) in [6.45, 7) is 15.9. The molecule has 9 N–H and O–H groups in total. The first-order chi connectivity index (χ1) is 29.8. The van der Waals surface area contributed by atoms with Crippen LogP contribution in [0, 0.1) is 44.8 Å². The summed E-state index contributed by atoms with van der Waals surface area (Å²) in [5, 5.41) is 97.8. The fraction of sp³-hybridized carbons (Fsp3) is 0.936. The number of hydrogen-bond donors (Lipinski definition) is 9. The van der Waals surface area contributed by atoms with E-state index in [0.717, 1.165) is 38.5 Å². The number of hydrogen-bond acceptors (Lipinski definition) is 17. The third kappa shape index (κ3) is 6.53. The molecule has 2 unspecified atom stereocenters. The monoisotopic (exact) mass is 910 g/mol. The minimum Gasteiger partial charge on any atom is -0.456 e. The number of esters is 1. The van der Waals surface area contributed by atoms with Crippen LogP contribution >= 0.6 is 0 Å². The van der Waals surface area contributed by atoms with E-state index in [1.165, 1.54) is 12.5 Å². The predicted octanol–water partition coefficient (Wildman–Crippen LogP) is 0.939. The van der Waals surface area contributed by atoms with E-state index in [4.69, 9.17) is 33.2 Å². The van der Waals surface area contributed by atoms with Gasteiger partial charge in [-0.1, -0.05) is 46.3 Å². The second kappa shape index (κ2) is 15.8. The standard InChI is InChI=1S/C47H74O17/c1-21-28(50)30(52)32(54)37(59-21)63-35-34(62-38-33(55)31(53)29(51)24(19-48)60-38)23(49)20-58-39(35)61-27-12-13-42(4)25(41(27,2)3)11-14-44(6)26(42)10-9-22-36-46(8,57)45(7)16-18-47(36,40(56)64-45)17-15-43(22,44)5/h9,21,23-39,48-55,57H,10-20H2,1-8H3/t21-,23-,24+,25?,26?,27-,28-,29+,30+,31-,32+,33+,34-,35+,36+,37-,38-,39-,42-,43+,44+,45-,46-,47+/m0/s1. The lowest BCUT2D eigenvalue weighted by Gasteiger charge is -2.73. The summed E-state index contributed by atoms with van der Waals surface area (Å²) < 4.78 is 43.2. The van der Waals surface area contributed by atoms with Crippen molar-refractivity contribution in [1.82, 2.24) is 0 Å². The van der Waals surface area contributed by atoms with E-state index < -0.39 is 121 Å².